The molecule has 1 aliphatic rings. The Morgan fingerprint density at radius 2 is 2.06 bits per heavy atom. The molecule has 0 spiro atoms. The maximum atomic E-state index is 11.7. The van der Waals surface area contributed by atoms with Gasteiger partial charge in [-0.1, -0.05) is 28.1 Å². The van der Waals surface area contributed by atoms with Gasteiger partial charge in [-0.3, -0.25) is 4.79 Å². The summed E-state index contributed by atoms with van der Waals surface area (Å²) in [4.78, 5) is 13.7. The number of likely N-dealkylation sites (tertiary alicyclic amines) is 1. The lowest BCUT2D eigenvalue weighted by molar-refractivity contribution is -0.127. The Balaban J connectivity index is 1.86. The lowest BCUT2D eigenvalue weighted by Crippen LogP contribution is -2.27. The van der Waals surface area contributed by atoms with E-state index in [-0.39, 0.29) is 5.91 Å². The average molecular weight is 297 g/mol. The van der Waals surface area contributed by atoms with E-state index in [2.05, 4.69) is 15.9 Å². The van der Waals surface area contributed by atoms with Crippen LogP contribution in [-0.2, 0) is 11.2 Å². The first-order valence-electron chi connectivity index (χ1n) is 5.87. The summed E-state index contributed by atoms with van der Waals surface area (Å²) in [6, 6.07) is 7.86. The number of amides is 1. The molecule has 1 atom stereocenters. The predicted octanol–water partition coefficient (Wildman–Crippen LogP) is 2.05. The van der Waals surface area contributed by atoms with Gasteiger partial charge in [0, 0.05) is 30.5 Å². The summed E-state index contributed by atoms with van der Waals surface area (Å²) < 4.78 is 0. The van der Waals surface area contributed by atoms with Gasteiger partial charge in [0.25, 0.3) is 0 Å². The Hall–Kier alpha value is -1.03. The molecule has 1 aromatic rings. The number of halogens is 1. The van der Waals surface area contributed by atoms with Crippen LogP contribution in [0.2, 0.25) is 0 Å². The molecule has 1 aromatic carbocycles. The zero-order valence-corrected chi connectivity index (χ0v) is 11.3. The van der Waals surface area contributed by atoms with Gasteiger partial charge in [0.2, 0.25) is 5.91 Å². The Morgan fingerprint density at radius 3 is 2.65 bits per heavy atom. The van der Waals surface area contributed by atoms with Crippen molar-refractivity contribution >= 4 is 27.5 Å². The average Bonchev–Trinajstić information content (AvgIpc) is 2.69. The van der Waals surface area contributed by atoms with Crippen LogP contribution in [0, 0.1) is 5.92 Å². The van der Waals surface area contributed by atoms with Gasteiger partial charge < -0.3 is 10.6 Å². The number of nitrogen functional groups attached to an aromatic ring is 1. The molecule has 92 valence electrons. The van der Waals surface area contributed by atoms with Gasteiger partial charge in [-0.2, -0.15) is 0 Å². The zero-order valence-electron chi connectivity index (χ0n) is 9.73. The largest absolute Gasteiger partial charge is 0.399 e. The second kappa shape index (κ2) is 5.54. The van der Waals surface area contributed by atoms with Crippen molar-refractivity contribution in [3.63, 3.8) is 0 Å². The molecule has 3 nitrogen and oxygen atoms in total. The van der Waals surface area contributed by atoms with Crippen molar-refractivity contribution in [1.29, 1.82) is 0 Å². The highest BCUT2D eigenvalue weighted by molar-refractivity contribution is 9.09. The second-order valence-electron chi connectivity index (χ2n) is 4.56. The van der Waals surface area contributed by atoms with Gasteiger partial charge in [-0.15, -0.1) is 0 Å². The molecule has 1 fully saturated rings. The molecular weight excluding hydrogens is 280 g/mol. The fourth-order valence-corrected chi connectivity index (χ4v) is 2.56. The summed E-state index contributed by atoms with van der Waals surface area (Å²) in [5.74, 6) is 0.763. The monoisotopic (exact) mass is 296 g/mol. The molecule has 0 bridgehead atoms. The Bertz CT molecular complexity index is 391. The molecule has 2 rings (SSSR count). The van der Waals surface area contributed by atoms with Crippen molar-refractivity contribution < 1.29 is 4.79 Å². The summed E-state index contributed by atoms with van der Waals surface area (Å²) in [7, 11) is 0. The Labute approximate surface area is 110 Å². The van der Waals surface area contributed by atoms with E-state index in [1.54, 1.807) is 0 Å². The topological polar surface area (TPSA) is 46.3 Å². The molecule has 0 aromatic heterocycles. The summed E-state index contributed by atoms with van der Waals surface area (Å²) >= 11 is 3.44. The molecule has 0 radical (unpaired) electrons. The van der Waals surface area contributed by atoms with Crippen molar-refractivity contribution in [1.82, 2.24) is 4.90 Å². The summed E-state index contributed by atoms with van der Waals surface area (Å²) in [6.45, 7) is 1.70. The third-order valence-corrected chi connectivity index (χ3v) is 4.08. The molecule has 0 aliphatic carbocycles. The highest BCUT2D eigenvalue weighted by atomic mass is 79.9. The van der Waals surface area contributed by atoms with Crippen LogP contribution >= 0.6 is 15.9 Å². The standard InChI is InChI=1S/C13H17BrN2O/c14-8-11-7-13(17)16(9-11)6-5-10-1-3-12(15)4-2-10/h1-4,11H,5-9,15H2. The third kappa shape index (κ3) is 3.22. The Kier molecular flexibility index (Phi) is 4.05. The maximum absolute atomic E-state index is 11.7. The van der Waals surface area contributed by atoms with Gasteiger partial charge in [-0.25, -0.2) is 0 Å². The third-order valence-electron chi connectivity index (χ3n) is 3.16. The minimum absolute atomic E-state index is 0.282. The molecule has 1 saturated heterocycles. The van der Waals surface area contributed by atoms with Crippen LogP contribution in [0.4, 0.5) is 5.69 Å². The molecule has 1 heterocycles. The summed E-state index contributed by atoms with van der Waals surface area (Å²) in [6.07, 6.45) is 1.59. The van der Waals surface area contributed by atoms with Crippen molar-refractivity contribution in [2.45, 2.75) is 12.8 Å². The van der Waals surface area contributed by atoms with E-state index in [0.29, 0.717) is 12.3 Å². The van der Waals surface area contributed by atoms with Gasteiger partial charge in [-0.05, 0) is 30.0 Å². The highest BCUT2D eigenvalue weighted by Gasteiger charge is 2.27. The molecule has 4 heteroatoms. The fraction of sp³-hybridized carbons (Fsp3) is 0.462. The van der Waals surface area contributed by atoms with Crippen molar-refractivity contribution in [3.05, 3.63) is 29.8 Å². The van der Waals surface area contributed by atoms with Gasteiger partial charge in [0.15, 0.2) is 0 Å². The normalized spacial score (nSPS) is 19.9. The molecule has 2 N–H and O–H groups in total. The van der Waals surface area contributed by atoms with Crippen LogP contribution < -0.4 is 5.73 Å². The summed E-state index contributed by atoms with van der Waals surface area (Å²) in [5.41, 5.74) is 7.65. The van der Waals surface area contributed by atoms with Gasteiger partial charge >= 0.3 is 0 Å². The van der Waals surface area contributed by atoms with Crippen LogP contribution in [0.5, 0.6) is 0 Å². The van der Waals surface area contributed by atoms with Crippen molar-refractivity contribution in [2.75, 3.05) is 24.2 Å². The van der Waals surface area contributed by atoms with Crippen LogP contribution in [0.3, 0.4) is 0 Å². The lowest BCUT2D eigenvalue weighted by atomic mass is 10.1. The number of rotatable bonds is 4. The SMILES string of the molecule is Nc1ccc(CCN2CC(CBr)CC2=O)cc1. The fourth-order valence-electron chi connectivity index (χ4n) is 2.12. The van der Waals surface area contributed by atoms with Crippen LogP contribution in [0.1, 0.15) is 12.0 Å². The van der Waals surface area contributed by atoms with Crippen LogP contribution in [0.25, 0.3) is 0 Å². The van der Waals surface area contributed by atoms with E-state index in [1.807, 2.05) is 29.2 Å². The molecule has 1 amide bonds. The van der Waals surface area contributed by atoms with E-state index in [9.17, 15) is 4.79 Å². The quantitative estimate of drug-likeness (QED) is 0.683. The number of carbonyl (C=O) groups is 1. The number of alkyl halides is 1. The number of carbonyl (C=O) groups excluding carboxylic acids is 1. The Morgan fingerprint density at radius 1 is 1.35 bits per heavy atom. The smallest absolute Gasteiger partial charge is 0.222 e. The number of nitrogens with two attached hydrogens (primary N) is 1. The highest BCUT2D eigenvalue weighted by Crippen LogP contribution is 2.20. The number of nitrogens with zero attached hydrogens (tertiary/aromatic N) is 1. The number of hydrogen-bond donors (Lipinski definition) is 1. The molecule has 17 heavy (non-hydrogen) atoms. The van der Waals surface area contributed by atoms with Crippen molar-refractivity contribution in [2.24, 2.45) is 5.92 Å². The van der Waals surface area contributed by atoms with E-state index in [1.165, 1.54) is 5.56 Å². The van der Waals surface area contributed by atoms with E-state index in [4.69, 9.17) is 5.73 Å². The van der Waals surface area contributed by atoms with Gasteiger partial charge in [0.05, 0.1) is 0 Å². The first-order chi connectivity index (χ1) is 8.19. The number of benzene rings is 1. The van der Waals surface area contributed by atoms with Crippen LogP contribution in [-0.4, -0.2) is 29.2 Å². The van der Waals surface area contributed by atoms with Crippen LogP contribution in [0.15, 0.2) is 24.3 Å². The molecular formula is C13H17BrN2O. The zero-order chi connectivity index (χ0) is 12.3. The molecule has 1 aliphatic heterocycles. The minimum Gasteiger partial charge on any atom is -0.399 e. The second-order valence-corrected chi connectivity index (χ2v) is 5.20. The number of hydrogen-bond acceptors (Lipinski definition) is 2. The minimum atomic E-state index is 0.282. The van der Waals surface area contributed by atoms with Gasteiger partial charge in [0.1, 0.15) is 0 Å². The number of anilines is 1. The lowest BCUT2D eigenvalue weighted by Gasteiger charge is -2.16. The van der Waals surface area contributed by atoms with Crippen molar-refractivity contribution in [3.8, 4) is 0 Å². The maximum Gasteiger partial charge on any atom is 0.222 e. The molecule has 1 unspecified atom stereocenters. The van der Waals surface area contributed by atoms with E-state index < -0.39 is 0 Å². The predicted molar refractivity (Wildman–Crippen MR) is 73.0 cm³/mol. The first kappa shape index (κ1) is 12.4. The van der Waals surface area contributed by atoms with E-state index >= 15 is 0 Å². The van der Waals surface area contributed by atoms with E-state index in [0.717, 1.165) is 30.5 Å². The molecule has 0 saturated carbocycles. The summed E-state index contributed by atoms with van der Waals surface area (Å²) in [5, 5.41) is 0.914. The first-order valence-corrected chi connectivity index (χ1v) is 6.99.